The predicted octanol–water partition coefficient (Wildman–Crippen LogP) is 5.69. The maximum Gasteiger partial charge on any atom is 0.220 e. The number of amides is 1. The van der Waals surface area contributed by atoms with Gasteiger partial charge in [-0.15, -0.1) is 0 Å². The third-order valence-corrected chi connectivity index (χ3v) is 6.10. The monoisotopic (exact) mass is 440 g/mol. The molecule has 4 heteroatoms. The van der Waals surface area contributed by atoms with E-state index in [0.717, 1.165) is 35.2 Å². The van der Waals surface area contributed by atoms with E-state index in [9.17, 15) is 4.79 Å². The van der Waals surface area contributed by atoms with E-state index in [0.29, 0.717) is 12.3 Å². The van der Waals surface area contributed by atoms with Gasteiger partial charge in [-0.2, -0.15) is 0 Å². The Morgan fingerprint density at radius 3 is 2.39 bits per heavy atom. The lowest BCUT2D eigenvalue weighted by atomic mass is 9.86. The molecule has 1 N–H and O–H groups in total. The SMILES string of the molecule is COc1nc(/C(=C/[C@H]2CCC(=O)N2)c2ccc(C(C)(C)C)cc2)ccc1Cc1ccccc1. The van der Waals surface area contributed by atoms with Gasteiger partial charge >= 0.3 is 0 Å². The minimum absolute atomic E-state index is 0.00610. The molecule has 1 fully saturated rings. The van der Waals surface area contributed by atoms with E-state index < -0.39 is 0 Å². The molecule has 33 heavy (non-hydrogen) atoms. The van der Waals surface area contributed by atoms with Gasteiger partial charge < -0.3 is 10.1 Å². The van der Waals surface area contributed by atoms with Crippen LogP contribution in [0.3, 0.4) is 0 Å². The Labute approximate surface area is 196 Å². The second-order valence-corrected chi connectivity index (χ2v) is 9.65. The number of hydrogen-bond acceptors (Lipinski definition) is 3. The van der Waals surface area contributed by atoms with Crippen LogP contribution in [-0.4, -0.2) is 24.0 Å². The van der Waals surface area contributed by atoms with E-state index in [-0.39, 0.29) is 17.4 Å². The Balaban J connectivity index is 1.72. The maximum atomic E-state index is 11.8. The van der Waals surface area contributed by atoms with Crippen molar-refractivity contribution >= 4 is 11.5 Å². The van der Waals surface area contributed by atoms with Crippen LogP contribution in [0.1, 0.15) is 61.6 Å². The summed E-state index contributed by atoms with van der Waals surface area (Å²) in [5, 5.41) is 3.06. The molecule has 4 nitrogen and oxygen atoms in total. The lowest BCUT2D eigenvalue weighted by Gasteiger charge is -2.20. The molecule has 170 valence electrons. The number of carbonyl (C=O) groups excluding carboxylic acids is 1. The van der Waals surface area contributed by atoms with Gasteiger partial charge in [0, 0.05) is 30.0 Å². The molecule has 0 bridgehead atoms. The second-order valence-electron chi connectivity index (χ2n) is 9.65. The molecule has 4 rings (SSSR count). The van der Waals surface area contributed by atoms with Crippen LogP contribution in [0.25, 0.3) is 5.57 Å². The molecule has 0 spiro atoms. The molecular formula is C29H32N2O2. The molecule has 1 amide bonds. The highest BCUT2D eigenvalue weighted by molar-refractivity contribution is 5.82. The fraction of sp³-hybridized carbons (Fsp3) is 0.310. The first kappa shape index (κ1) is 22.8. The van der Waals surface area contributed by atoms with Crippen molar-refractivity contribution < 1.29 is 9.53 Å². The van der Waals surface area contributed by atoms with Crippen molar-refractivity contribution in [1.82, 2.24) is 10.3 Å². The number of nitrogens with zero attached hydrogens (tertiary/aromatic N) is 1. The van der Waals surface area contributed by atoms with Crippen LogP contribution < -0.4 is 10.1 Å². The summed E-state index contributed by atoms with van der Waals surface area (Å²) in [5.41, 5.74) is 6.55. The molecule has 3 aromatic rings. The quantitative estimate of drug-likeness (QED) is 0.536. The minimum atomic E-state index is 0.00610. The van der Waals surface area contributed by atoms with Crippen LogP contribution >= 0.6 is 0 Å². The molecule has 2 heterocycles. The van der Waals surface area contributed by atoms with Gasteiger partial charge in [-0.05, 0) is 34.6 Å². The zero-order valence-corrected chi connectivity index (χ0v) is 19.9. The largest absolute Gasteiger partial charge is 0.481 e. The number of rotatable bonds is 6. The lowest BCUT2D eigenvalue weighted by Crippen LogP contribution is -2.23. The molecule has 2 aromatic carbocycles. The van der Waals surface area contributed by atoms with Gasteiger partial charge in [0.15, 0.2) is 0 Å². The number of carbonyl (C=O) groups is 1. The average Bonchev–Trinajstić information content (AvgIpc) is 3.23. The van der Waals surface area contributed by atoms with Crippen molar-refractivity contribution in [3.05, 3.63) is 101 Å². The second kappa shape index (κ2) is 9.62. The van der Waals surface area contributed by atoms with E-state index in [2.05, 4.69) is 80.7 Å². The summed E-state index contributed by atoms with van der Waals surface area (Å²) in [4.78, 5) is 16.7. The van der Waals surface area contributed by atoms with Crippen LogP contribution in [0, 0.1) is 0 Å². The van der Waals surface area contributed by atoms with Crippen molar-refractivity contribution in [1.29, 1.82) is 0 Å². The van der Waals surface area contributed by atoms with Gasteiger partial charge in [-0.1, -0.05) is 87.5 Å². The summed E-state index contributed by atoms with van der Waals surface area (Å²) in [6.07, 6.45) is 4.25. The number of hydrogen-bond donors (Lipinski definition) is 1. The van der Waals surface area contributed by atoms with Crippen LogP contribution in [0.5, 0.6) is 5.88 Å². The molecule has 1 saturated heterocycles. The number of nitrogens with one attached hydrogen (secondary N) is 1. The van der Waals surface area contributed by atoms with E-state index in [4.69, 9.17) is 9.72 Å². The summed E-state index contributed by atoms with van der Waals surface area (Å²) in [5.74, 6) is 0.728. The van der Waals surface area contributed by atoms with Gasteiger partial charge in [-0.3, -0.25) is 4.79 Å². The number of benzene rings is 2. The Morgan fingerprint density at radius 2 is 1.79 bits per heavy atom. The first-order valence-corrected chi connectivity index (χ1v) is 11.5. The van der Waals surface area contributed by atoms with Crippen LogP contribution in [0.4, 0.5) is 0 Å². The van der Waals surface area contributed by atoms with Crippen molar-refractivity contribution in [2.24, 2.45) is 0 Å². The van der Waals surface area contributed by atoms with Crippen molar-refractivity contribution in [2.45, 2.75) is 51.5 Å². The van der Waals surface area contributed by atoms with Crippen LogP contribution in [-0.2, 0) is 16.6 Å². The Kier molecular flexibility index (Phi) is 6.64. The topological polar surface area (TPSA) is 51.2 Å². The third kappa shape index (κ3) is 5.51. The predicted molar refractivity (Wildman–Crippen MR) is 133 cm³/mol. The molecular weight excluding hydrogens is 408 g/mol. The standard InChI is InChI=1S/C29H32N2O2/c1-29(2,3)23-13-10-21(11-14-23)25(19-24-15-17-27(32)30-24)26-16-12-22(28(31-26)33-4)18-20-8-6-5-7-9-20/h5-14,16,19,24H,15,17-18H2,1-4H3,(H,30,32)/b25-19+/t24-/m1/s1. The van der Waals surface area contributed by atoms with Gasteiger partial charge in [0.05, 0.1) is 12.8 Å². The highest BCUT2D eigenvalue weighted by atomic mass is 16.5. The van der Waals surface area contributed by atoms with Gasteiger partial charge in [0.1, 0.15) is 0 Å². The fourth-order valence-electron chi connectivity index (χ4n) is 4.19. The Hall–Kier alpha value is -3.40. The van der Waals surface area contributed by atoms with Gasteiger partial charge in [0.25, 0.3) is 0 Å². The van der Waals surface area contributed by atoms with E-state index in [1.807, 2.05) is 18.2 Å². The molecule has 1 aromatic heterocycles. The zero-order valence-electron chi connectivity index (χ0n) is 19.9. The third-order valence-electron chi connectivity index (χ3n) is 6.10. The first-order valence-electron chi connectivity index (χ1n) is 11.5. The van der Waals surface area contributed by atoms with Crippen LogP contribution in [0.15, 0.2) is 72.8 Å². The minimum Gasteiger partial charge on any atom is -0.481 e. The van der Waals surface area contributed by atoms with E-state index >= 15 is 0 Å². The summed E-state index contributed by atoms with van der Waals surface area (Å²) in [6.45, 7) is 6.64. The summed E-state index contributed by atoms with van der Waals surface area (Å²) in [7, 11) is 1.67. The number of ether oxygens (including phenoxy) is 1. The molecule has 0 aliphatic carbocycles. The summed E-state index contributed by atoms with van der Waals surface area (Å²) >= 11 is 0. The van der Waals surface area contributed by atoms with Crippen molar-refractivity contribution in [3.63, 3.8) is 0 Å². The molecule has 1 aliphatic rings. The molecule has 0 saturated carbocycles. The number of aromatic nitrogens is 1. The number of pyridine rings is 1. The van der Waals surface area contributed by atoms with Gasteiger partial charge in [0.2, 0.25) is 11.8 Å². The molecule has 0 unspecified atom stereocenters. The normalized spacial score (nSPS) is 16.5. The zero-order chi connectivity index (χ0) is 23.4. The number of methoxy groups -OCH3 is 1. The smallest absolute Gasteiger partial charge is 0.220 e. The Morgan fingerprint density at radius 1 is 1.06 bits per heavy atom. The summed E-state index contributed by atoms with van der Waals surface area (Å²) in [6, 6.07) is 23.1. The molecule has 1 atom stereocenters. The molecule has 0 radical (unpaired) electrons. The average molecular weight is 441 g/mol. The maximum absolute atomic E-state index is 11.8. The van der Waals surface area contributed by atoms with Crippen molar-refractivity contribution in [3.8, 4) is 5.88 Å². The molecule has 1 aliphatic heterocycles. The Bertz CT molecular complexity index is 1140. The fourth-order valence-corrected chi connectivity index (χ4v) is 4.19. The van der Waals surface area contributed by atoms with Crippen LogP contribution in [0.2, 0.25) is 0 Å². The highest BCUT2D eigenvalue weighted by Crippen LogP contribution is 2.30. The summed E-state index contributed by atoms with van der Waals surface area (Å²) < 4.78 is 5.69. The van der Waals surface area contributed by atoms with E-state index in [1.54, 1.807) is 7.11 Å². The van der Waals surface area contributed by atoms with Gasteiger partial charge in [-0.25, -0.2) is 4.98 Å². The van der Waals surface area contributed by atoms with E-state index in [1.165, 1.54) is 11.1 Å². The lowest BCUT2D eigenvalue weighted by molar-refractivity contribution is -0.119. The highest BCUT2D eigenvalue weighted by Gasteiger charge is 2.21. The first-order chi connectivity index (χ1) is 15.8. The van der Waals surface area contributed by atoms with Crippen molar-refractivity contribution in [2.75, 3.05) is 7.11 Å².